The van der Waals surface area contributed by atoms with Crippen molar-refractivity contribution < 1.29 is 28.9 Å². The monoisotopic (exact) mass is 403 g/mol. The standard InChI is InChI=1S/C22H29NO6/c1-21(2,3)29-20(26)23-11-10-22(19(25)27-4)13-16(24)17(12-18(22)23)28-14-15-8-6-5-7-9-15/h5-9,12,16-17,24H,10-11,13-14H2,1-4H3/t16-,17+,22+/m1/s1. The molecule has 0 saturated carbocycles. The normalized spacial score (nSPS) is 26.5. The largest absolute Gasteiger partial charge is 0.468 e. The second-order valence-electron chi connectivity index (χ2n) is 8.54. The van der Waals surface area contributed by atoms with Crippen LogP contribution >= 0.6 is 0 Å². The lowest BCUT2D eigenvalue weighted by molar-refractivity contribution is -0.154. The maximum atomic E-state index is 12.7. The van der Waals surface area contributed by atoms with E-state index in [2.05, 4.69) is 0 Å². The van der Waals surface area contributed by atoms with Crippen LogP contribution in [0.2, 0.25) is 0 Å². The number of fused-ring (bicyclic) bond motifs is 1. The minimum Gasteiger partial charge on any atom is -0.468 e. The second kappa shape index (κ2) is 8.16. The molecule has 1 amide bonds. The van der Waals surface area contributed by atoms with Crippen LogP contribution in [0.5, 0.6) is 0 Å². The summed E-state index contributed by atoms with van der Waals surface area (Å²) in [5.41, 5.74) is -0.274. The Balaban J connectivity index is 1.88. The molecule has 0 spiro atoms. The van der Waals surface area contributed by atoms with Gasteiger partial charge in [0.05, 0.1) is 19.8 Å². The zero-order valence-electron chi connectivity index (χ0n) is 17.4. The quantitative estimate of drug-likeness (QED) is 0.778. The first-order valence-corrected chi connectivity index (χ1v) is 9.81. The van der Waals surface area contributed by atoms with Crippen molar-refractivity contribution in [2.75, 3.05) is 13.7 Å². The van der Waals surface area contributed by atoms with Gasteiger partial charge in [-0.05, 0) is 45.3 Å². The average Bonchev–Trinajstić information content (AvgIpc) is 3.04. The van der Waals surface area contributed by atoms with Crippen molar-refractivity contribution in [3.8, 4) is 0 Å². The summed E-state index contributed by atoms with van der Waals surface area (Å²) in [6, 6.07) is 9.62. The Morgan fingerprint density at radius 1 is 1.24 bits per heavy atom. The van der Waals surface area contributed by atoms with Crippen molar-refractivity contribution >= 4 is 12.1 Å². The second-order valence-corrected chi connectivity index (χ2v) is 8.54. The fourth-order valence-corrected chi connectivity index (χ4v) is 3.92. The van der Waals surface area contributed by atoms with E-state index in [9.17, 15) is 14.7 Å². The number of carbonyl (C=O) groups excluding carboxylic acids is 2. The molecule has 0 bridgehead atoms. The lowest BCUT2D eigenvalue weighted by atomic mass is 9.73. The molecule has 1 aliphatic carbocycles. The molecule has 0 aromatic heterocycles. The molecule has 1 N–H and O–H groups in total. The summed E-state index contributed by atoms with van der Waals surface area (Å²) < 4.78 is 16.5. The van der Waals surface area contributed by atoms with Crippen molar-refractivity contribution in [1.29, 1.82) is 0 Å². The average molecular weight is 403 g/mol. The molecule has 1 aromatic rings. The molecule has 2 aliphatic rings. The molecule has 3 atom stereocenters. The van der Waals surface area contributed by atoms with Crippen molar-refractivity contribution in [2.24, 2.45) is 5.41 Å². The van der Waals surface area contributed by atoms with Gasteiger partial charge in [0.25, 0.3) is 0 Å². The highest BCUT2D eigenvalue weighted by Crippen LogP contribution is 2.49. The van der Waals surface area contributed by atoms with Gasteiger partial charge in [-0.1, -0.05) is 30.3 Å². The minimum absolute atomic E-state index is 0.129. The molecule has 0 radical (unpaired) electrons. The van der Waals surface area contributed by atoms with Crippen LogP contribution < -0.4 is 0 Å². The molecule has 3 rings (SSSR count). The van der Waals surface area contributed by atoms with Crippen LogP contribution in [0.4, 0.5) is 4.79 Å². The third-order valence-corrected chi connectivity index (χ3v) is 5.28. The van der Waals surface area contributed by atoms with Gasteiger partial charge in [0, 0.05) is 12.2 Å². The molecule has 0 unspecified atom stereocenters. The first-order chi connectivity index (χ1) is 13.7. The summed E-state index contributed by atoms with van der Waals surface area (Å²) in [5.74, 6) is -0.463. The zero-order chi connectivity index (χ0) is 21.2. The van der Waals surface area contributed by atoms with Crippen LogP contribution in [-0.4, -0.2) is 53.5 Å². The predicted octanol–water partition coefficient (Wildman–Crippen LogP) is 3.02. The maximum Gasteiger partial charge on any atom is 0.414 e. The Morgan fingerprint density at radius 2 is 1.93 bits per heavy atom. The number of aliphatic hydroxyl groups excluding tert-OH is 1. The van der Waals surface area contributed by atoms with Gasteiger partial charge >= 0.3 is 12.1 Å². The molecule has 1 fully saturated rings. The van der Waals surface area contributed by atoms with E-state index in [1.807, 2.05) is 30.3 Å². The lowest BCUT2D eigenvalue weighted by Gasteiger charge is -2.38. The van der Waals surface area contributed by atoms with E-state index in [1.54, 1.807) is 26.8 Å². The molecule has 1 aromatic carbocycles. The Hall–Kier alpha value is -2.38. The number of ether oxygens (including phenoxy) is 3. The van der Waals surface area contributed by atoms with Gasteiger partial charge in [-0.15, -0.1) is 0 Å². The van der Waals surface area contributed by atoms with E-state index < -0.39 is 35.3 Å². The summed E-state index contributed by atoms with van der Waals surface area (Å²) in [4.78, 5) is 26.9. The Morgan fingerprint density at radius 3 is 2.55 bits per heavy atom. The van der Waals surface area contributed by atoms with Gasteiger partial charge in [-0.2, -0.15) is 0 Å². The molecule has 7 nitrogen and oxygen atoms in total. The number of likely N-dealkylation sites (tertiary alicyclic amines) is 1. The Bertz CT molecular complexity index is 784. The number of esters is 1. The molecular formula is C22H29NO6. The van der Waals surface area contributed by atoms with Crippen LogP contribution in [-0.2, 0) is 25.6 Å². The van der Waals surface area contributed by atoms with E-state index in [4.69, 9.17) is 14.2 Å². The summed E-state index contributed by atoms with van der Waals surface area (Å²) in [6.07, 6.45) is 0.112. The maximum absolute atomic E-state index is 12.7. The van der Waals surface area contributed by atoms with Crippen LogP contribution in [0.1, 0.15) is 39.2 Å². The highest BCUT2D eigenvalue weighted by Gasteiger charge is 2.56. The minimum atomic E-state index is -1.07. The van der Waals surface area contributed by atoms with Crippen molar-refractivity contribution in [3.63, 3.8) is 0 Å². The van der Waals surface area contributed by atoms with Gasteiger partial charge in [-0.3, -0.25) is 9.69 Å². The van der Waals surface area contributed by atoms with Gasteiger partial charge in [-0.25, -0.2) is 4.79 Å². The van der Waals surface area contributed by atoms with Crippen molar-refractivity contribution in [2.45, 2.75) is 58.0 Å². The zero-order valence-corrected chi connectivity index (χ0v) is 17.4. The molecule has 1 heterocycles. The highest BCUT2D eigenvalue weighted by molar-refractivity contribution is 5.84. The number of nitrogens with zero attached hydrogens (tertiary/aromatic N) is 1. The highest BCUT2D eigenvalue weighted by atomic mass is 16.6. The molecule has 7 heteroatoms. The van der Waals surface area contributed by atoms with Gasteiger partial charge < -0.3 is 19.3 Å². The van der Waals surface area contributed by atoms with Crippen LogP contribution in [0, 0.1) is 5.41 Å². The van der Waals surface area contributed by atoms with Gasteiger partial charge in [0.15, 0.2) is 0 Å². The Labute approximate surface area is 171 Å². The number of benzene rings is 1. The topological polar surface area (TPSA) is 85.3 Å². The SMILES string of the molecule is COC(=O)[C@]12CCN(C(=O)OC(C)(C)C)C1=C[C@H](OCc1ccccc1)[C@H](O)C2. The summed E-state index contributed by atoms with van der Waals surface area (Å²) in [7, 11) is 1.31. The first kappa shape index (κ1) is 21.3. The van der Waals surface area contributed by atoms with Crippen molar-refractivity contribution in [1.82, 2.24) is 4.90 Å². The van der Waals surface area contributed by atoms with Crippen LogP contribution in [0.3, 0.4) is 0 Å². The van der Waals surface area contributed by atoms with E-state index in [-0.39, 0.29) is 6.42 Å². The molecule has 1 saturated heterocycles. The summed E-state index contributed by atoms with van der Waals surface area (Å²) >= 11 is 0. The van der Waals surface area contributed by atoms with E-state index in [0.717, 1.165) is 5.56 Å². The molecule has 158 valence electrons. The number of hydrogen-bond acceptors (Lipinski definition) is 6. The van der Waals surface area contributed by atoms with Crippen molar-refractivity contribution in [3.05, 3.63) is 47.7 Å². The predicted molar refractivity (Wildman–Crippen MR) is 106 cm³/mol. The number of hydrogen-bond donors (Lipinski definition) is 1. The van der Waals surface area contributed by atoms with Gasteiger partial charge in [0.2, 0.25) is 0 Å². The van der Waals surface area contributed by atoms with Crippen LogP contribution in [0.25, 0.3) is 0 Å². The third-order valence-electron chi connectivity index (χ3n) is 5.28. The third kappa shape index (κ3) is 4.46. The number of rotatable bonds is 4. The molecule has 29 heavy (non-hydrogen) atoms. The number of aliphatic hydroxyl groups is 1. The van der Waals surface area contributed by atoms with E-state index in [1.165, 1.54) is 12.0 Å². The van der Waals surface area contributed by atoms with Crippen LogP contribution in [0.15, 0.2) is 42.1 Å². The van der Waals surface area contributed by atoms with Gasteiger partial charge in [0.1, 0.15) is 17.1 Å². The Kier molecular flexibility index (Phi) is 6.00. The van der Waals surface area contributed by atoms with E-state index in [0.29, 0.717) is 25.3 Å². The molecule has 1 aliphatic heterocycles. The number of methoxy groups -OCH3 is 1. The fourth-order valence-electron chi connectivity index (χ4n) is 3.92. The van der Waals surface area contributed by atoms with E-state index >= 15 is 0 Å². The summed E-state index contributed by atoms with van der Waals surface area (Å²) in [5, 5.41) is 10.7. The number of amides is 1. The number of carbonyl (C=O) groups is 2. The smallest absolute Gasteiger partial charge is 0.414 e. The summed E-state index contributed by atoms with van der Waals surface area (Å²) in [6.45, 7) is 6.00. The first-order valence-electron chi connectivity index (χ1n) is 9.81. The fraction of sp³-hybridized carbons (Fsp3) is 0.545. The lowest BCUT2D eigenvalue weighted by Crippen LogP contribution is -2.46. The molecular weight excluding hydrogens is 374 g/mol.